The van der Waals surface area contributed by atoms with Crippen LogP contribution in [0.25, 0.3) is 0 Å². The van der Waals surface area contributed by atoms with Gasteiger partial charge in [-0.05, 0) is 32.6 Å². The first-order chi connectivity index (χ1) is 9.08. The van der Waals surface area contributed by atoms with Gasteiger partial charge in [0.1, 0.15) is 0 Å². The van der Waals surface area contributed by atoms with E-state index in [2.05, 4.69) is 15.3 Å². The summed E-state index contributed by atoms with van der Waals surface area (Å²) in [5.41, 5.74) is -0.897. The molecule has 0 aromatic carbocycles. The van der Waals surface area contributed by atoms with E-state index in [0.717, 1.165) is 11.1 Å². The molecule has 0 bridgehead atoms. The third kappa shape index (κ3) is 3.45. The molecule has 6 nitrogen and oxygen atoms in total. The largest absolute Gasteiger partial charge is 0.355 e. The van der Waals surface area contributed by atoms with Gasteiger partial charge >= 0.3 is 11.4 Å². The van der Waals surface area contributed by atoms with E-state index < -0.39 is 11.4 Å². The second kappa shape index (κ2) is 6.04. The summed E-state index contributed by atoms with van der Waals surface area (Å²) in [5, 5.41) is 3.08. The smallest absolute Gasteiger partial charge is 0.355 e. The van der Waals surface area contributed by atoms with Crippen molar-refractivity contribution in [1.82, 2.24) is 14.5 Å². The number of aromatic amines is 1. The lowest BCUT2D eigenvalue weighted by molar-refractivity contribution is 0.372. The summed E-state index contributed by atoms with van der Waals surface area (Å²) in [7, 11) is 0. The molecule has 0 atom stereocenters. The highest BCUT2D eigenvalue weighted by molar-refractivity contribution is 5.21. The lowest BCUT2D eigenvalue weighted by Gasteiger charge is -2.21. The van der Waals surface area contributed by atoms with Crippen molar-refractivity contribution in [3.05, 3.63) is 21.0 Å². The van der Waals surface area contributed by atoms with Crippen molar-refractivity contribution in [2.45, 2.75) is 52.0 Å². The van der Waals surface area contributed by atoms with Crippen molar-refractivity contribution in [2.75, 3.05) is 11.9 Å². The molecule has 0 unspecified atom stereocenters. The van der Waals surface area contributed by atoms with Crippen molar-refractivity contribution >= 4 is 5.95 Å². The standard InChI is InChI=1S/C13H22N4O2/c1-9(2)17-12(18)15-11(16-13(17)19)14-8-10-6-4-3-5-7-10/h9-10H,3-8H2,1-2H3,(H2,14,15,16,18,19). The molecule has 2 rings (SSSR count). The zero-order valence-corrected chi connectivity index (χ0v) is 11.6. The van der Waals surface area contributed by atoms with Crippen molar-refractivity contribution in [3.63, 3.8) is 0 Å². The fourth-order valence-corrected chi connectivity index (χ4v) is 2.60. The summed E-state index contributed by atoms with van der Waals surface area (Å²) >= 11 is 0. The van der Waals surface area contributed by atoms with Crippen molar-refractivity contribution in [1.29, 1.82) is 0 Å². The van der Waals surface area contributed by atoms with Crippen LogP contribution in [0.1, 0.15) is 52.0 Å². The number of nitrogens with one attached hydrogen (secondary N) is 2. The Morgan fingerprint density at radius 3 is 2.58 bits per heavy atom. The number of hydrogen-bond acceptors (Lipinski definition) is 4. The molecule has 0 radical (unpaired) electrons. The Balaban J connectivity index is 2.05. The second-order valence-corrected chi connectivity index (χ2v) is 5.52. The molecule has 106 valence electrons. The van der Waals surface area contributed by atoms with Gasteiger partial charge in [0.2, 0.25) is 5.95 Å². The van der Waals surface area contributed by atoms with Crippen LogP contribution in [-0.2, 0) is 0 Å². The maximum Gasteiger partial charge on any atom is 0.355 e. The van der Waals surface area contributed by atoms with E-state index in [1.807, 2.05) is 0 Å². The fraction of sp³-hybridized carbons (Fsp3) is 0.769. The second-order valence-electron chi connectivity index (χ2n) is 5.52. The monoisotopic (exact) mass is 266 g/mol. The molecule has 1 fully saturated rings. The highest BCUT2D eigenvalue weighted by Crippen LogP contribution is 2.23. The highest BCUT2D eigenvalue weighted by atomic mass is 16.2. The summed E-state index contributed by atoms with van der Waals surface area (Å²) in [6.07, 6.45) is 6.27. The number of rotatable bonds is 4. The topological polar surface area (TPSA) is 79.8 Å². The SMILES string of the molecule is CC(C)n1c(=O)nc(NCC2CCCCC2)[nH]c1=O. The van der Waals surface area contributed by atoms with Crippen molar-refractivity contribution in [3.8, 4) is 0 Å². The van der Waals surface area contributed by atoms with Crippen LogP contribution in [0.4, 0.5) is 5.95 Å². The van der Waals surface area contributed by atoms with Crippen LogP contribution in [0.2, 0.25) is 0 Å². The fourth-order valence-electron chi connectivity index (χ4n) is 2.60. The summed E-state index contributed by atoms with van der Waals surface area (Å²) in [6.45, 7) is 4.34. The summed E-state index contributed by atoms with van der Waals surface area (Å²) in [5.74, 6) is 0.907. The summed E-state index contributed by atoms with van der Waals surface area (Å²) < 4.78 is 1.12. The van der Waals surface area contributed by atoms with Gasteiger partial charge in [0.25, 0.3) is 0 Å². The van der Waals surface area contributed by atoms with E-state index in [1.165, 1.54) is 32.1 Å². The minimum atomic E-state index is -0.495. The third-order valence-corrected chi connectivity index (χ3v) is 3.66. The van der Waals surface area contributed by atoms with Crippen LogP contribution >= 0.6 is 0 Å². The zero-order valence-electron chi connectivity index (χ0n) is 11.6. The van der Waals surface area contributed by atoms with Gasteiger partial charge in [-0.25, -0.2) is 14.2 Å². The Morgan fingerprint density at radius 1 is 1.32 bits per heavy atom. The molecule has 1 aliphatic carbocycles. The average molecular weight is 266 g/mol. The van der Waals surface area contributed by atoms with Crippen molar-refractivity contribution in [2.24, 2.45) is 5.92 Å². The van der Waals surface area contributed by atoms with Gasteiger partial charge in [0, 0.05) is 12.6 Å². The Labute approximate surface area is 112 Å². The van der Waals surface area contributed by atoms with Crippen LogP contribution in [0.15, 0.2) is 9.59 Å². The molecule has 0 saturated heterocycles. The Morgan fingerprint density at radius 2 is 2.00 bits per heavy atom. The molecule has 0 amide bonds. The summed E-state index contributed by atoms with van der Waals surface area (Å²) in [6, 6.07) is -0.184. The lowest BCUT2D eigenvalue weighted by atomic mass is 9.89. The molecule has 6 heteroatoms. The molecule has 0 aliphatic heterocycles. The molecular weight excluding hydrogens is 244 g/mol. The van der Waals surface area contributed by atoms with Gasteiger partial charge in [-0.2, -0.15) is 4.98 Å². The van der Waals surface area contributed by atoms with Crippen LogP contribution in [0.5, 0.6) is 0 Å². The van der Waals surface area contributed by atoms with Crippen LogP contribution in [0.3, 0.4) is 0 Å². The molecule has 1 aromatic heterocycles. The number of hydrogen-bond donors (Lipinski definition) is 2. The van der Waals surface area contributed by atoms with E-state index in [4.69, 9.17) is 0 Å². The first-order valence-corrected chi connectivity index (χ1v) is 7.04. The quantitative estimate of drug-likeness (QED) is 0.865. The molecule has 0 spiro atoms. The molecule has 19 heavy (non-hydrogen) atoms. The van der Waals surface area contributed by atoms with E-state index >= 15 is 0 Å². The number of H-pyrrole nitrogens is 1. The molecule has 1 saturated carbocycles. The maximum absolute atomic E-state index is 11.8. The van der Waals surface area contributed by atoms with E-state index in [-0.39, 0.29) is 12.0 Å². The van der Waals surface area contributed by atoms with Gasteiger partial charge in [-0.1, -0.05) is 19.3 Å². The third-order valence-electron chi connectivity index (χ3n) is 3.66. The predicted molar refractivity (Wildman–Crippen MR) is 74.6 cm³/mol. The van der Waals surface area contributed by atoms with Crippen LogP contribution in [-0.4, -0.2) is 21.1 Å². The minimum absolute atomic E-state index is 0.184. The average Bonchev–Trinajstić information content (AvgIpc) is 2.36. The van der Waals surface area contributed by atoms with Gasteiger partial charge in [0.15, 0.2) is 0 Å². The summed E-state index contributed by atoms with van der Waals surface area (Å²) in [4.78, 5) is 30.0. The van der Waals surface area contributed by atoms with Gasteiger partial charge < -0.3 is 5.32 Å². The minimum Gasteiger partial charge on any atom is -0.355 e. The predicted octanol–water partition coefficient (Wildman–Crippen LogP) is 1.50. The molecule has 1 aromatic rings. The Hall–Kier alpha value is -1.59. The molecule has 1 heterocycles. The Kier molecular flexibility index (Phi) is 4.39. The zero-order chi connectivity index (χ0) is 13.8. The number of anilines is 1. The normalized spacial score (nSPS) is 16.8. The first kappa shape index (κ1) is 13.8. The van der Waals surface area contributed by atoms with E-state index in [0.29, 0.717) is 5.92 Å². The Bertz CT molecular complexity index is 495. The first-order valence-electron chi connectivity index (χ1n) is 7.04. The molecule has 2 N–H and O–H groups in total. The van der Waals surface area contributed by atoms with Gasteiger partial charge in [0.05, 0.1) is 0 Å². The van der Waals surface area contributed by atoms with E-state index in [9.17, 15) is 9.59 Å². The lowest BCUT2D eigenvalue weighted by Crippen LogP contribution is -2.39. The van der Waals surface area contributed by atoms with Crippen LogP contribution < -0.4 is 16.7 Å². The number of aromatic nitrogens is 3. The highest BCUT2D eigenvalue weighted by Gasteiger charge is 2.14. The van der Waals surface area contributed by atoms with Crippen LogP contribution in [0, 0.1) is 5.92 Å². The molecule has 1 aliphatic rings. The number of nitrogens with zero attached hydrogens (tertiary/aromatic N) is 2. The maximum atomic E-state index is 11.8. The van der Waals surface area contributed by atoms with Crippen molar-refractivity contribution < 1.29 is 0 Å². The molecular formula is C13H22N4O2. The van der Waals surface area contributed by atoms with Gasteiger partial charge in [-0.3, -0.25) is 4.98 Å². The van der Waals surface area contributed by atoms with Gasteiger partial charge in [-0.15, -0.1) is 0 Å². The van der Waals surface area contributed by atoms with E-state index in [1.54, 1.807) is 13.8 Å².